The molecule has 0 aliphatic carbocycles. The Morgan fingerprint density at radius 3 is 2.16 bits per heavy atom. The maximum Gasteiger partial charge on any atom is 0.263 e. The van der Waals surface area contributed by atoms with Gasteiger partial charge in [-0.1, -0.05) is 35.9 Å². The molecule has 0 amide bonds. The van der Waals surface area contributed by atoms with Gasteiger partial charge in [0, 0.05) is 5.69 Å². The predicted molar refractivity (Wildman–Crippen MR) is 98.5 cm³/mol. The van der Waals surface area contributed by atoms with Gasteiger partial charge in [0.1, 0.15) is 0 Å². The number of aromatic nitrogens is 2. The summed E-state index contributed by atoms with van der Waals surface area (Å²) in [6, 6.07) is 17.4. The molecule has 3 rings (SSSR count). The van der Waals surface area contributed by atoms with Crippen molar-refractivity contribution < 1.29 is 8.42 Å². The molecule has 1 heterocycles. The van der Waals surface area contributed by atoms with E-state index in [1.807, 2.05) is 26.0 Å². The van der Waals surface area contributed by atoms with E-state index in [0.29, 0.717) is 5.82 Å². The lowest BCUT2D eigenvalue weighted by Crippen LogP contribution is -2.14. The number of rotatable bonds is 5. The molecule has 7 heteroatoms. The Balaban J connectivity index is 1.74. The van der Waals surface area contributed by atoms with E-state index >= 15 is 0 Å². The van der Waals surface area contributed by atoms with E-state index in [-0.39, 0.29) is 10.7 Å². The highest BCUT2D eigenvalue weighted by Gasteiger charge is 2.14. The second-order valence-corrected chi connectivity index (χ2v) is 7.35. The molecule has 0 bridgehead atoms. The number of nitrogens with zero attached hydrogens (tertiary/aromatic N) is 2. The number of hydrogen-bond donors (Lipinski definition) is 2. The third kappa shape index (κ3) is 4.13. The molecule has 0 unspecified atom stereocenters. The molecule has 1 aromatic heterocycles. The molecule has 0 atom stereocenters. The van der Waals surface area contributed by atoms with Crippen molar-refractivity contribution in [3.63, 3.8) is 0 Å². The van der Waals surface area contributed by atoms with Crippen LogP contribution in [0.3, 0.4) is 0 Å². The highest BCUT2D eigenvalue weighted by molar-refractivity contribution is 7.92. The van der Waals surface area contributed by atoms with Crippen molar-refractivity contribution in [3.05, 3.63) is 71.8 Å². The fourth-order valence-corrected chi connectivity index (χ4v) is 3.36. The van der Waals surface area contributed by atoms with Crippen LogP contribution in [0.25, 0.3) is 0 Å². The summed E-state index contributed by atoms with van der Waals surface area (Å²) in [7, 11) is -3.67. The van der Waals surface area contributed by atoms with Crippen LogP contribution in [0.1, 0.15) is 11.1 Å². The lowest BCUT2D eigenvalue weighted by molar-refractivity contribution is 0.601. The van der Waals surface area contributed by atoms with Gasteiger partial charge in [-0.25, -0.2) is 8.42 Å². The summed E-state index contributed by atoms with van der Waals surface area (Å²) in [5.74, 6) is 0.699. The molecule has 3 aromatic rings. The topological polar surface area (TPSA) is 84.0 Å². The molecule has 0 saturated heterocycles. The second-order valence-electron chi connectivity index (χ2n) is 5.67. The van der Waals surface area contributed by atoms with E-state index in [9.17, 15) is 8.42 Å². The fourth-order valence-electron chi connectivity index (χ4n) is 2.34. The maximum atomic E-state index is 12.3. The number of benzene rings is 2. The number of hydrogen-bond acceptors (Lipinski definition) is 5. The van der Waals surface area contributed by atoms with E-state index in [1.165, 1.54) is 17.7 Å². The highest BCUT2D eigenvalue weighted by atomic mass is 32.2. The Kier molecular flexibility index (Phi) is 4.67. The summed E-state index contributed by atoms with van der Waals surface area (Å²) < 4.78 is 26.9. The first-order valence-electron chi connectivity index (χ1n) is 7.70. The van der Waals surface area contributed by atoms with Gasteiger partial charge in [-0.3, -0.25) is 4.72 Å². The lowest BCUT2D eigenvalue weighted by atomic mass is 10.1. The van der Waals surface area contributed by atoms with Crippen molar-refractivity contribution >= 4 is 27.3 Å². The van der Waals surface area contributed by atoms with Gasteiger partial charge in [-0.15, -0.1) is 10.2 Å². The Morgan fingerprint density at radius 1 is 0.840 bits per heavy atom. The predicted octanol–water partition coefficient (Wildman–Crippen LogP) is 3.64. The first-order valence-corrected chi connectivity index (χ1v) is 9.18. The van der Waals surface area contributed by atoms with Gasteiger partial charge >= 0.3 is 0 Å². The van der Waals surface area contributed by atoms with Gasteiger partial charge in [-0.2, -0.15) is 0 Å². The van der Waals surface area contributed by atoms with Gasteiger partial charge in [0.15, 0.2) is 11.6 Å². The number of sulfonamides is 1. The molecule has 0 fully saturated rings. The SMILES string of the molecule is Cc1ccc(Nc2ccc(NS(=O)(=O)c3ccccc3)nn2)c(C)c1. The zero-order valence-electron chi connectivity index (χ0n) is 13.9. The van der Waals surface area contributed by atoms with Crippen LogP contribution in [0.5, 0.6) is 0 Å². The third-order valence-corrected chi connectivity index (χ3v) is 4.97. The van der Waals surface area contributed by atoms with Gasteiger partial charge < -0.3 is 5.32 Å². The van der Waals surface area contributed by atoms with Crippen molar-refractivity contribution in [2.45, 2.75) is 18.7 Å². The molecule has 2 aromatic carbocycles. The molecule has 25 heavy (non-hydrogen) atoms. The number of anilines is 3. The van der Waals surface area contributed by atoms with Gasteiger partial charge in [0.05, 0.1) is 4.90 Å². The van der Waals surface area contributed by atoms with Crippen molar-refractivity contribution in [1.82, 2.24) is 10.2 Å². The van der Waals surface area contributed by atoms with Crippen LogP contribution in [-0.4, -0.2) is 18.6 Å². The quantitative estimate of drug-likeness (QED) is 0.731. The molecule has 0 spiro atoms. The van der Waals surface area contributed by atoms with Crippen molar-refractivity contribution in [1.29, 1.82) is 0 Å². The summed E-state index contributed by atoms with van der Waals surface area (Å²) in [5.41, 5.74) is 3.20. The second kappa shape index (κ2) is 6.90. The zero-order chi connectivity index (χ0) is 17.9. The Labute approximate surface area is 147 Å². The number of aryl methyl sites for hydroxylation is 2. The van der Waals surface area contributed by atoms with E-state index in [0.717, 1.165) is 11.3 Å². The minimum Gasteiger partial charge on any atom is -0.339 e. The summed E-state index contributed by atoms with van der Waals surface area (Å²) in [4.78, 5) is 0.175. The minimum atomic E-state index is -3.67. The molecule has 0 radical (unpaired) electrons. The Morgan fingerprint density at radius 2 is 1.52 bits per heavy atom. The van der Waals surface area contributed by atoms with Crippen LogP contribution in [0.15, 0.2) is 65.6 Å². The fraction of sp³-hybridized carbons (Fsp3) is 0.111. The number of nitrogens with one attached hydrogen (secondary N) is 2. The van der Waals surface area contributed by atoms with Crippen LogP contribution >= 0.6 is 0 Å². The Bertz CT molecular complexity index is 972. The molecular weight excluding hydrogens is 336 g/mol. The van der Waals surface area contributed by atoms with Crippen LogP contribution in [0, 0.1) is 13.8 Å². The first-order chi connectivity index (χ1) is 11.9. The largest absolute Gasteiger partial charge is 0.339 e. The lowest BCUT2D eigenvalue weighted by Gasteiger charge is -2.10. The van der Waals surface area contributed by atoms with E-state index in [1.54, 1.807) is 30.3 Å². The van der Waals surface area contributed by atoms with Crippen molar-refractivity contribution in [2.75, 3.05) is 10.0 Å². The smallest absolute Gasteiger partial charge is 0.263 e. The molecule has 0 aliphatic heterocycles. The standard InChI is InChI=1S/C18H18N4O2S/c1-13-8-9-16(14(2)12-13)19-17-10-11-18(21-20-17)22-25(23,24)15-6-4-3-5-7-15/h3-12H,1-2H3,(H,19,20)(H,21,22). The molecule has 128 valence electrons. The van der Waals surface area contributed by atoms with Gasteiger partial charge in [0.25, 0.3) is 10.0 Å². The summed E-state index contributed by atoms with van der Waals surface area (Å²) in [6.07, 6.45) is 0. The average molecular weight is 354 g/mol. The summed E-state index contributed by atoms with van der Waals surface area (Å²) >= 11 is 0. The summed E-state index contributed by atoms with van der Waals surface area (Å²) in [5, 5.41) is 11.1. The maximum absolute atomic E-state index is 12.3. The van der Waals surface area contributed by atoms with E-state index in [2.05, 4.69) is 26.3 Å². The van der Waals surface area contributed by atoms with Crippen molar-refractivity contribution in [2.24, 2.45) is 0 Å². The minimum absolute atomic E-state index is 0.162. The van der Waals surface area contributed by atoms with Crippen LogP contribution in [-0.2, 0) is 10.0 Å². The third-order valence-electron chi connectivity index (χ3n) is 3.60. The van der Waals surface area contributed by atoms with Crippen LogP contribution in [0.2, 0.25) is 0 Å². The normalized spacial score (nSPS) is 11.1. The van der Waals surface area contributed by atoms with Crippen molar-refractivity contribution in [3.8, 4) is 0 Å². The van der Waals surface area contributed by atoms with Gasteiger partial charge in [-0.05, 0) is 49.7 Å². The summed E-state index contributed by atoms with van der Waals surface area (Å²) in [6.45, 7) is 4.04. The van der Waals surface area contributed by atoms with E-state index in [4.69, 9.17) is 0 Å². The van der Waals surface area contributed by atoms with Crippen LogP contribution in [0.4, 0.5) is 17.3 Å². The van der Waals surface area contributed by atoms with Crippen LogP contribution < -0.4 is 10.0 Å². The molecule has 6 nitrogen and oxygen atoms in total. The molecule has 2 N–H and O–H groups in total. The monoisotopic (exact) mass is 354 g/mol. The average Bonchev–Trinajstić information content (AvgIpc) is 2.59. The molecular formula is C18H18N4O2S. The first kappa shape index (κ1) is 16.9. The molecule has 0 saturated carbocycles. The Hall–Kier alpha value is -2.93. The van der Waals surface area contributed by atoms with Gasteiger partial charge in [0.2, 0.25) is 0 Å². The van der Waals surface area contributed by atoms with E-state index < -0.39 is 10.0 Å². The highest BCUT2D eigenvalue weighted by Crippen LogP contribution is 2.21. The zero-order valence-corrected chi connectivity index (χ0v) is 14.7. The molecule has 0 aliphatic rings.